The summed E-state index contributed by atoms with van der Waals surface area (Å²) in [5, 5.41) is 9.84. The van der Waals surface area contributed by atoms with E-state index in [1.165, 1.54) is 11.8 Å². The van der Waals surface area contributed by atoms with Gasteiger partial charge in [0, 0.05) is 22.7 Å². The van der Waals surface area contributed by atoms with E-state index in [-0.39, 0.29) is 6.61 Å². The third-order valence-electron chi connectivity index (χ3n) is 4.05. The van der Waals surface area contributed by atoms with Crippen molar-refractivity contribution in [3.63, 3.8) is 0 Å². The van der Waals surface area contributed by atoms with Crippen LogP contribution in [0.2, 0.25) is 0 Å². The summed E-state index contributed by atoms with van der Waals surface area (Å²) < 4.78 is 5.46. The van der Waals surface area contributed by atoms with Gasteiger partial charge in [-0.15, -0.1) is 0 Å². The van der Waals surface area contributed by atoms with E-state index in [1.807, 2.05) is 38.1 Å². The van der Waals surface area contributed by atoms with Gasteiger partial charge >= 0.3 is 5.97 Å². The fraction of sp³-hybridized carbons (Fsp3) is 0.182. The van der Waals surface area contributed by atoms with E-state index in [4.69, 9.17) is 10.00 Å². The molecule has 3 rings (SSSR count). The first-order valence-electron chi connectivity index (χ1n) is 8.75. The lowest BCUT2D eigenvalue weighted by Gasteiger charge is -2.10. The molecule has 0 saturated heterocycles. The molecule has 3 aromatic rings. The van der Waals surface area contributed by atoms with Crippen LogP contribution in [0.3, 0.4) is 0 Å². The minimum Gasteiger partial charge on any atom is -0.457 e. The molecule has 5 nitrogen and oxygen atoms in total. The van der Waals surface area contributed by atoms with E-state index in [9.17, 15) is 4.79 Å². The van der Waals surface area contributed by atoms with Crippen molar-refractivity contribution in [1.82, 2.24) is 9.97 Å². The second-order valence-electron chi connectivity index (χ2n) is 6.22. The number of hydrogen-bond acceptors (Lipinski definition) is 6. The molecule has 0 radical (unpaired) electrons. The highest BCUT2D eigenvalue weighted by Crippen LogP contribution is 2.23. The lowest BCUT2D eigenvalue weighted by Crippen LogP contribution is -2.09. The van der Waals surface area contributed by atoms with Crippen molar-refractivity contribution in [3.05, 3.63) is 88.2 Å². The van der Waals surface area contributed by atoms with E-state index in [2.05, 4.69) is 16.0 Å². The Kier molecular flexibility index (Phi) is 6.41. The molecular weight excluding hydrogens is 370 g/mol. The lowest BCUT2D eigenvalue weighted by atomic mass is 10.1. The molecular formula is C22H19N3O2S. The number of nitrogens with zero attached hydrogens (tertiary/aromatic N) is 3. The maximum Gasteiger partial charge on any atom is 0.338 e. The largest absolute Gasteiger partial charge is 0.457 e. The molecule has 2 aromatic carbocycles. The predicted molar refractivity (Wildman–Crippen MR) is 108 cm³/mol. The van der Waals surface area contributed by atoms with Gasteiger partial charge < -0.3 is 4.74 Å². The number of ether oxygens (including phenoxy) is 1. The maximum atomic E-state index is 12.6. The fourth-order valence-electron chi connectivity index (χ4n) is 2.72. The predicted octanol–water partition coefficient (Wildman–Crippen LogP) is 4.61. The Labute approximate surface area is 168 Å². The van der Waals surface area contributed by atoms with Gasteiger partial charge in [-0.3, -0.25) is 0 Å². The minimum absolute atomic E-state index is 0.0598. The van der Waals surface area contributed by atoms with Gasteiger partial charge in [0.1, 0.15) is 6.61 Å². The number of aryl methyl sites for hydroxylation is 2. The third-order valence-corrected chi connectivity index (χ3v) is 4.95. The van der Waals surface area contributed by atoms with Crippen molar-refractivity contribution in [2.75, 3.05) is 0 Å². The van der Waals surface area contributed by atoms with Crippen molar-refractivity contribution in [2.24, 2.45) is 0 Å². The van der Waals surface area contributed by atoms with Crippen molar-refractivity contribution < 1.29 is 9.53 Å². The van der Waals surface area contributed by atoms with Crippen LogP contribution in [0, 0.1) is 25.2 Å². The molecule has 0 unspecified atom stereocenters. The van der Waals surface area contributed by atoms with Crippen molar-refractivity contribution in [1.29, 1.82) is 5.26 Å². The zero-order valence-corrected chi connectivity index (χ0v) is 16.5. The summed E-state index contributed by atoms with van der Waals surface area (Å²) in [4.78, 5) is 21.5. The summed E-state index contributed by atoms with van der Waals surface area (Å²) in [5.41, 5.74) is 4.39. The molecule has 0 aliphatic carbocycles. The van der Waals surface area contributed by atoms with Crippen LogP contribution in [0.25, 0.3) is 0 Å². The van der Waals surface area contributed by atoms with E-state index in [1.54, 1.807) is 30.3 Å². The number of carbonyl (C=O) groups is 1. The van der Waals surface area contributed by atoms with Crippen LogP contribution in [-0.4, -0.2) is 15.9 Å². The Bertz CT molecular complexity index is 1020. The quantitative estimate of drug-likeness (QED) is 0.348. The molecule has 0 bridgehead atoms. The van der Waals surface area contributed by atoms with Crippen LogP contribution in [0.1, 0.15) is 38.4 Å². The molecule has 0 saturated carbocycles. The molecule has 28 heavy (non-hydrogen) atoms. The smallest absolute Gasteiger partial charge is 0.338 e. The van der Waals surface area contributed by atoms with Crippen LogP contribution in [0.4, 0.5) is 0 Å². The Morgan fingerprint density at radius 1 is 1.04 bits per heavy atom. The van der Waals surface area contributed by atoms with Crippen LogP contribution in [0.15, 0.2) is 59.8 Å². The molecule has 0 fully saturated rings. The zero-order valence-electron chi connectivity index (χ0n) is 15.7. The fourth-order valence-corrected chi connectivity index (χ4v) is 3.68. The number of aromatic nitrogens is 2. The minimum atomic E-state index is -0.412. The summed E-state index contributed by atoms with van der Waals surface area (Å²) in [5.74, 6) is 0.147. The van der Waals surface area contributed by atoms with E-state index in [0.29, 0.717) is 27.6 Å². The van der Waals surface area contributed by atoms with E-state index < -0.39 is 5.97 Å². The van der Waals surface area contributed by atoms with Crippen LogP contribution in [-0.2, 0) is 17.1 Å². The van der Waals surface area contributed by atoms with Gasteiger partial charge in [0.25, 0.3) is 0 Å². The highest BCUT2D eigenvalue weighted by molar-refractivity contribution is 7.98. The first-order valence-corrected chi connectivity index (χ1v) is 9.73. The van der Waals surface area contributed by atoms with Gasteiger partial charge in [0.15, 0.2) is 5.16 Å². The molecule has 0 spiro atoms. The van der Waals surface area contributed by atoms with Crippen molar-refractivity contribution in [2.45, 2.75) is 31.4 Å². The van der Waals surface area contributed by atoms with Crippen LogP contribution in [0.5, 0.6) is 0 Å². The first kappa shape index (κ1) is 19.6. The Balaban J connectivity index is 1.70. The summed E-state index contributed by atoms with van der Waals surface area (Å²) >= 11 is 1.48. The number of thioether (sulfide) groups is 1. The number of hydrogen-bond donors (Lipinski definition) is 0. The highest BCUT2D eigenvalue weighted by Gasteiger charge is 2.14. The summed E-state index contributed by atoms with van der Waals surface area (Å²) in [7, 11) is 0. The van der Waals surface area contributed by atoms with E-state index >= 15 is 0 Å². The molecule has 0 amide bonds. The van der Waals surface area contributed by atoms with Gasteiger partial charge in [-0.1, -0.05) is 48.2 Å². The Morgan fingerprint density at radius 2 is 1.68 bits per heavy atom. The monoisotopic (exact) mass is 389 g/mol. The summed E-state index contributed by atoms with van der Waals surface area (Å²) in [6, 6.07) is 18.5. The first-order chi connectivity index (χ1) is 13.6. The second kappa shape index (κ2) is 9.16. The molecule has 1 aromatic heterocycles. The molecule has 0 N–H and O–H groups in total. The van der Waals surface area contributed by atoms with Gasteiger partial charge in [0.05, 0.1) is 17.2 Å². The topological polar surface area (TPSA) is 75.9 Å². The number of benzene rings is 2. The standard InChI is InChI=1S/C22H19N3O2S/c1-15-11-16(2)25-22(24-15)28-14-19-9-5-6-10-20(19)21(26)27-13-18-8-4-3-7-17(18)12-23/h3-11H,13-14H2,1-2H3. The molecule has 0 aliphatic heterocycles. The van der Waals surface area contributed by atoms with Crippen LogP contribution < -0.4 is 0 Å². The van der Waals surface area contributed by atoms with E-state index in [0.717, 1.165) is 17.0 Å². The third kappa shape index (κ3) is 4.96. The number of carbonyl (C=O) groups excluding carboxylic acids is 1. The number of rotatable bonds is 6. The van der Waals surface area contributed by atoms with Gasteiger partial charge in [-0.05, 0) is 37.6 Å². The second-order valence-corrected chi connectivity index (χ2v) is 7.17. The molecule has 1 heterocycles. The van der Waals surface area contributed by atoms with Gasteiger partial charge in [0.2, 0.25) is 0 Å². The average molecular weight is 389 g/mol. The molecule has 140 valence electrons. The van der Waals surface area contributed by atoms with Crippen molar-refractivity contribution >= 4 is 17.7 Å². The normalized spacial score (nSPS) is 10.3. The summed E-state index contributed by atoms with van der Waals surface area (Å²) in [6.07, 6.45) is 0. The lowest BCUT2D eigenvalue weighted by molar-refractivity contribution is 0.0471. The number of esters is 1. The van der Waals surface area contributed by atoms with Gasteiger partial charge in [-0.25, -0.2) is 14.8 Å². The Hall–Kier alpha value is -3.17. The zero-order chi connectivity index (χ0) is 19.9. The number of nitriles is 1. The maximum absolute atomic E-state index is 12.6. The van der Waals surface area contributed by atoms with Crippen molar-refractivity contribution in [3.8, 4) is 6.07 Å². The molecule has 0 aliphatic rings. The molecule has 0 atom stereocenters. The highest BCUT2D eigenvalue weighted by atomic mass is 32.2. The van der Waals surface area contributed by atoms with Gasteiger partial charge in [-0.2, -0.15) is 5.26 Å². The summed E-state index contributed by atoms with van der Waals surface area (Å²) in [6.45, 7) is 3.93. The molecule has 6 heteroatoms. The Morgan fingerprint density at radius 3 is 2.39 bits per heavy atom. The average Bonchev–Trinajstić information content (AvgIpc) is 2.70. The van der Waals surface area contributed by atoms with Crippen LogP contribution >= 0.6 is 11.8 Å². The SMILES string of the molecule is Cc1cc(C)nc(SCc2ccccc2C(=O)OCc2ccccc2C#N)n1.